The van der Waals surface area contributed by atoms with E-state index in [0.717, 1.165) is 36.1 Å². The molecule has 0 radical (unpaired) electrons. The number of esters is 1. The highest BCUT2D eigenvalue weighted by Gasteiger charge is 2.50. The zero-order chi connectivity index (χ0) is 13.5. The van der Waals surface area contributed by atoms with Crippen LogP contribution in [0.3, 0.4) is 0 Å². The normalized spacial score (nSPS) is 17.2. The van der Waals surface area contributed by atoms with E-state index in [1.54, 1.807) is 0 Å². The number of fused-ring (bicyclic) bond motifs is 1. The fourth-order valence-corrected chi connectivity index (χ4v) is 2.89. The molecule has 1 aliphatic rings. The number of imidazole rings is 1. The third-order valence-electron chi connectivity index (χ3n) is 4.09. The van der Waals surface area contributed by atoms with E-state index < -0.39 is 5.41 Å². The highest BCUT2D eigenvalue weighted by atomic mass is 16.5. The van der Waals surface area contributed by atoms with Gasteiger partial charge in [-0.25, -0.2) is 4.98 Å². The van der Waals surface area contributed by atoms with E-state index in [0.29, 0.717) is 6.61 Å². The van der Waals surface area contributed by atoms with Crippen molar-refractivity contribution < 1.29 is 9.53 Å². The van der Waals surface area contributed by atoms with Gasteiger partial charge in [-0.1, -0.05) is 18.6 Å². The molecule has 1 aromatic heterocycles. The average Bonchev–Trinajstić information content (AvgIpc) is 2.67. The lowest BCUT2D eigenvalue weighted by Gasteiger charge is -2.38. The molecule has 1 aliphatic carbocycles. The van der Waals surface area contributed by atoms with Gasteiger partial charge in [0.2, 0.25) is 0 Å². The van der Waals surface area contributed by atoms with E-state index in [1.165, 1.54) is 0 Å². The lowest BCUT2D eigenvalue weighted by molar-refractivity contribution is -0.154. The Hall–Kier alpha value is -1.84. The molecule has 0 unspecified atom stereocenters. The zero-order valence-corrected chi connectivity index (χ0v) is 11.3. The van der Waals surface area contributed by atoms with Crippen LogP contribution in [-0.2, 0) is 22.0 Å². The number of carbonyl (C=O) groups excluding carboxylic acids is 1. The molecular weight excluding hydrogens is 240 g/mol. The van der Waals surface area contributed by atoms with Gasteiger partial charge in [-0.05, 0) is 31.9 Å². The van der Waals surface area contributed by atoms with E-state index >= 15 is 0 Å². The largest absolute Gasteiger partial charge is 0.465 e. The molecule has 19 heavy (non-hydrogen) atoms. The van der Waals surface area contributed by atoms with Crippen molar-refractivity contribution in [2.24, 2.45) is 7.05 Å². The molecule has 1 heterocycles. The van der Waals surface area contributed by atoms with Crippen molar-refractivity contribution in [2.75, 3.05) is 6.61 Å². The number of para-hydroxylation sites is 2. The summed E-state index contributed by atoms with van der Waals surface area (Å²) in [5, 5.41) is 0. The molecule has 4 nitrogen and oxygen atoms in total. The number of ether oxygens (including phenoxy) is 1. The third-order valence-corrected chi connectivity index (χ3v) is 4.09. The molecule has 1 aromatic carbocycles. The molecule has 1 saturated carbocycles. The quantitative estimate of drug-likeness (QED) is 0.795. The third kappa shape index (κ3) is 1.66. The molecular formula is C15H18N2O2. The fraction of sp³-hybridized carbons (Fsp3) is 0.467. The Labute approximate surface area is 112 Å². The van der Waals surface area contributed by atoms with Crippen molar-refractivity contribution in [2.45, 2.75) is 31.6 Å². The Morgan fingerprint density at radius 1 is 1.42 bits per heavy atom. The Morgan fingerprint density at radius 3 is 2.74 bits per heavy atom. The minimum Gasteiger partial charge on any atom is -0.465 e. The lowest BCUT2D eigenvalue weighted by Crippen LogP contribution is -2.45. The first-order valence-electron chi connectivity index (χ1n) is 6.78. The van der Waals surface area contributed by atoms with Crippen LogP contribution in [0, 0.1) is 0 Å². The number of benzene rings is 1. The number of aromatic nitrogens is 2. The molecule has 0 saturated heterocycles. The van der Waals surface area contributed by atoms with E-state index in [9.17, 15) is 4.79 Å². The van der Waals surface area contributed by atoms with Gasteiger partial charge in [0.25, 0.3) is 0 Å². The van der Waals surface area contributed by atoms with E-state index in [4.69, 9.17) is 4.74 Å². The molecule has 0 bridgehead atoms. The fourth-order valence-electron chi connectivity index (χ4n) is 2.89. The van der Waals surface area contributed by atoms with Crippen molar-refractivity contribution in [3.05, 3.63) is 30.1 Å². The van der Waals surface area contributed by atoms with Crippen LogP contribution in [0.25, 0.3) is 11.0 Å². The van der Waals surface area contributed by atoms with Crippen LogP contribution in [0.1, 0.15) is 32.0 Å². The molecule has 0 spiro atoms. The van der Waals surface area contributed by atoms with Crippen molar-refractivity contribution >= 4 is 17.0 Å². The molecule has 2 aromatic rings. The predicted molar refractivity (Wildman–Crippen MR) is 72.9 cm³/mol. The number of aryl methyl sites for hydroxylation is 1. The number of hydrogen-bond acceptors (Lipinski definition) is 3. The van der Waals surface area contributed by atoms with Gasteiger partial charge in [0.05, 0.1) is 17.6 Å². The topological polar surface area (TPSA) is 44.1 Å². The summed E-state index contributed by atoms with van der Waals surface area (Å²) in [4.78, 5) is 17.0. The van der Waals surface area contributed by atoms with Crippen LogP contribution in [0.4, 0.5) is 0 Å². The summed E-state index contributed by atoms with van der Waals surface area (Å²) in [6.07, 6.45) is 2.73. The van der Waals surface area contributed by atoms with Gasteiger partial charge in [0.1, 0.15) is 11.2 Å². The Kier molecular flexibility index (Phi) is 2.81. The van der Waals surface area contributed by atoms with Crippen LogP contribution in [0.2, 0.25) is 0 Å². The highest BCUT2D eigenvalue weighted by molar-refractivity contribution is 5.85. The summed E-state index contributed by atoms with van der Waals surface area (Å²) in [5.74, 6) is 0.720. The summed E-state index contributed by atoms with van der Waals surface area (Å²) < 4.78 is 7.30. The summed E-state index contributed by atoms with van der Waals surface area (Å²) in [5.41, 5.74) is 1.48. The number of rotatable bonds is 3. The van der Waals surface area contributed by atoms with Crippen LogP contribution >= 0.6 is 0 Å². The zero-order valence-electron chi connectivity index (χ0n) is 11.3. The lowest BCUT2D eigenvalue weighted by atomic mass is 9.68. The summed E-state index contributed by atoms with van der Waals surface area (Å²) in [7, 11) is 1.98. The van der Waals surface area contributed by atoms with Crippen LogP contribution in [-0.4, -0.2) is 22.1 Å². The van der Waals surface area contributed by atoms with Crippen LogP contribution < -0.4 is 0 Å². The first-order chi connectivity index (χ1) is 9.19. The second kappa shape index (κ2) is 4.37. The average molecular weight is 258 g/mol. The Balaban J connectivity index is 2.11. The van der Waals surface area contributed by atoms with Crippen molar-refractivity contribution in [3.8, 4) is 0 Å². The molecule has 3 rings (SSSR count). The minimum absolute atomic E-state index is 0.125. The highest BCUT2D eigenvalue weighted by Crippen LogP contribution is 2.44. The first kappa shape index (κ1) is 12.2. The van der Waals surface area contributed by atoms with E-state index in [1.807, 2.05) is 42.8 Å². The van der Waals surface area contributed by atoms with Gasteiger partial charge >= 0.3 is 5.97 Å². The smallest absolute Gasteiger partial charge is 0.319 e. The molecule has 4 heteroatoms. The van der Waals surface area contributed by atoms with Gasteiger partial charge in [0.15, 0.2) is 0 Å². The SMILES string of the molecule is CCOC(=O)C1(c2nc3ccccc3n2C)CCC1. The second-order valence-corrected chi connectivity index (χ2v) is 5.14. The second-order valence-electron chi connectivity index (χ2n) is 5.14. The summed E-state index contributed by atoms with van der Waals surface area (Å²) >= 11 is 0. The van der Waals surface area contributed by atoms with Crippen molar-refractivity contribution in [1.82, 2.24) is 9.55 Å². The van der Waals surface area contributed by atoms with E-state index in [2.05, 4.69) is 4.98 Å². The monoisotopic (exact) mass is 258 g/mol. The molecule has 0 aliphatic heterocycles. The summed E-state index contributed by atoms with van der Waals surface area (Å²) in [6, 6.07) is 7.97. The molecule has 100 valence electrons. The molecule has 0 amide bonds. The first-order valence-corrected chi connectivity index (χ1v) is 6.78. The van der Waals surface area contributed by atoms with Crippen LogP contribution in [0.15, 0.2) is 24.3 Å². The van der Waals surface area contributed by atoms with Crippen molar-refractivity contribution in [1.29, 1.82) is 0 Å². The Bertz CT molecular complexity index is 626. The molecule has 1 fully saturated rings. The van der Waals surface area contributed by atoms with E-state index in [-0.39, 0.29) is 5.97 Å². The van der Waals surface area contributed by atoms with Gasteiger partial charge in [-0.3, -0.25) is 4.79 Å². The maximum absolute atomic E-state index is 12.3. The summed E-state index contributed by atoms with van der Waals surface area (Å²) in [6.45, 7) is 2.27. The van der Waals surface area contributed by atoms with Gasteiger partial charge in [0, 0.05) is 7.05 Å². The van der Waals surface area contributed by atoms with Gasteiger partial charge in [-0.15, -0.1) is 0 Å². The standard InChI is InChI=1S/C15H18N2O2/c1-3-19-14(18)15(9-6-10-15)13-16-11-7-4-5-8-12(11)17(13)2/h4-5,7-8H,3,6,9-10H2,1-2H3. The maximum Gasteiger partial charge on any atom is 0.319 e. The number of hydrogen-bond donors (Lipinski definition) is 0. The number of nitrogens with zero attached hydrogens (tertiary/aromatic N) is 2. The van der Waals surface area contributed by atoms with Gasteiger partial charge < -0.3 is 9.30 Å². The number of carbonyl (C=O) groups is 1. The predicted octanol–water partition coefficient (Wildman–Crippen LogP) is 2.56. The molecule has 0 atom stereocenters. The maximum atomic E-state index is 12.3. The van der Waals surface area contributed by atoms with Crippen molar-refractivity contribution in [3.63, 3.8) is 0 Å². The minimum atomic E-state index is -0.524. The Morgan fingerprint density at radius 2 is 2.16 bits per heavy atom. The van der Waals surface area contributed by atoms with Gasteiger partial charge in [-0.2, -0.15) is 0 Å². The van der Waals surface area contributed by atoms with Crippen LogP contribution in [0.5, 0.6) is 0 Å². The molecule has 0 N–H and O–H groups in total.